The molecule has 0 atom stereocenters. The van der Waals surface area contributed by atoms with Crippen LogP contribution in [0.5, 0.6) is 0 Å². The minimum atomic E-state index is -0.490. The van der Waals surface area contributed by atoms with Crippen molar-refractivity contribution < 1.29 is 0 Å². The Morgan fingerprint density at radius 3 is 1.86 bits per heavy atom. The lowest BCUT2D eigenvalue weighted by molar-refractivity contribution is 0.346. The number of hydrogen-bond acceptors (Lipinski definition) is 1. The summed E-state index contributed by atoms with van der Waals surface area (Å²) in [6.45, 7) is 4.59. The van der Waals surface area contributed by atoms with Gasteiger partial charge in [-0.1, -0.05) is 183 Å². The number of allylic oxidation sites excluding steroid dienone is 4. The lowest BCUT2D eigenvalue weighted by Gasteiger charge is -2.40. The summed E-state index contributed by atoms with van der Waals surface area (Å²) in [5.41, 5.74) is 16.8. The fraction of sp³-hybridized carbons (Fsp3) is 0.158. The molecule has 8 aromatic carbocycles. The van der Waals surface area contributed by atoms with Crippen LogP contribution in [-0.2, 0) is 10.8 Å². The molecule has 8 aromatic rings. The number of hydrogen-bond donors (Lipinski definition) is 0. The first-order valence-corrected chi connectivity index (χ1v) is 21.2. The van der Waals surface area contributed by atoms with E-state index in [4.69, 9.17) is 0 Å². The zero-order valence-electron chi connectivity index (χ0n) is 33.4. The third-order valence-corrected chi connectivity index (χ3v) is 13.9. The van der Waals surface area contributed by atoms with Gasteiger partial charge in [0.1, 0.15) is 0 Å². The zero-order valence-corrected chi connectivity index (χ0v) is 33.4. The average Bonchev–Trinajstić information content (AvgIpc) is 3.70. The van der Waals surface area contributed by atoms with Gasteiger partial charge in [-0.15, -0.1) is 0 Å². The van der Waals surface area contributed by atoms with E-state index in [-0.39, 0.29) is 5.41 Å². The second-order valence-electron chi connectivity index (χ2n) is 16.7. The van der Waals surface area contributed by atoms with Crippen molar-refractivity contribution in [2.75, 3.05) is 4.90 Å². The molecule has 280 valence electrons. The predicted octanol–water partition coefficient (Wildman–Crippen LogP) is 15.4. The highest BCUT2D eigenvalue weighted by Gasteiger charge is 2.48. The van der Waals surface area contributed by atoms with Gasteiger partial charge in [0.2, 0.25) is 0 Å². The van der Waals surface area contributed by atoms with E-state index in [1.54, 1.807) is 0 Å². The summed E-state index contributed by atoms with van der Waals surface area (Å²) in [7, 11) is 0. The van der Waals surface area contributed by atoms with Crippen molar-refractivity contribution >= 4 is 44.2 Å². The van der Waals surface area contributed by atoms with Crippen molar-refractivity contribution in [3.63, 3.8) is 0 Å². The summed E-state index contributed by atoms with van der Waals surface area (Å²) in [6.07, 6.45) is 10.8. The largest absolute Gasteiger partial charge is 0.310 e. The molecular formula is C57H47N. The highest BCUT2D eigenvalue weighted by molar-refractivity contribution is 6.09. The molecule has 0 N–H and O–H groups in total. The number of rotatable bonds is 6. The molecule has 1 heteroatoms. The van der Waals surface area contributed by atoms with Crippen molar-refractivity contribution in [3.05, 3.63) is 227 Å². The van der Waals surface area contributed by atoms with Crippen LogP contribution in [0, 0.1) is 0 Å². The van der Waals surface area contributed by atoms with Crippen LogP contribution in [0.2, 0.25) is 0 Å². The lowest BCUT2D eigenvalue weighted by atomic mass is 9.66. The Bertz CT molecular complexity index is 2900. The molecule has 0 heterocycles. The first-order chi connectivity index (χ1) is 28.6. The van der Waals surface area contributed by atoms with Gasteiger partial charge in [-0.05, 0) is 129 Å². The second-order valence-corrected chi connectivity index (χ2v) is 16.7. The van der Waals surface area contributed by atoms with E-state index in [1.807, 2.05) is 0 Å². The molecule has 0 aliphatic heterocycles. The smallest absolute Gasteiger partial charge is 0.0714 e. The Kier molecular flexibility index (Phi) is 8.15. The molecular weight excluding hydrogens is 699 g/mol. The maximum atomic E-state index is 2.62. The van der Waals surface area contributed by atoms with Crippen LogP contribution < -0.4 is 4.90 Å². The van der Waals surface area contributed by atoms with Crippen LogP contribution in [0.15, 0.2) is 194 Å². The van der Waals surface area contributed by atoms with E-state index in [0.29, 0.717) is 0 Å². The fourth-order valence-electron chi connectivity index (χ4n) is 11.4. The topological polar surface area (TPSA) is 3.24 Å². The quantitative estimate of drug-likeness (QED) is 0.153. The van der Waals surface area contributed by atoms with Crippen molar-refractivity contribution in [1.82, 2.24) is 0 Å². The van der Waals surface area contributed by atoms with Gasteiger partial charge in [0.05, 0.1) is 11.1 Å². The van der Waals surface area contributed by atoms with Crippen LogP contribution >= 0.6 is 0 Å². The summed E-state index contributed by atoms with van der Waals surface area (Å²) in [5, 5.41) is 5.09. The van der Waals surface area contributed by atoms with Crippen molar-refractivity contribution in [2.45, 2.75) is 56.8 Å². The van der Waals surface area contributed by atoms with E-state index < -0.39 is 5.41 Å². The summed E-state index contributed by atoms with van der Waals surface area (Å²) < 4.78 is 0. The van der Waals surface area contributed by atoms with Gasteiger partial charge in [0.15, 0.2) is 0 Å². The molecule has 1 nitrogen and oxygen atoms in total. The van der Waals surface area contributed by atoms with Gasteiger partial charge in [-0.25, -0.2) is 0 Å². The molecule has 0 radical (unpaired) electrons. The maximum absolute atomic E-state index is 2.62. The van der Waals surface area contributed by atoms with E-state index in [0.717, 1.165) is 0 Å². The minimum absolute atomic E-state index is 0.00557. The molecule has 58 heavy (non-hydrogen) atoms. The van der Waals surface area contributed by atoms with Gasteiger partial charge in [-0.3, -0.25) is 0 Å². The van der Waals surface area contributed by atoms with E-state index in [9.17, 15) is 0 Å². The average molecular weight is 746 g/mol. The third kappa shape index (κ3) is 4.96. The molecule has 3 aliphatic rings. The number of benzene rings is 8. The van der Waals surface area contributed by atoms with Crippen LogP contribution in [-0.4, -0.2) is 0 Å². The van der Waals surface area contributed by atoms with E-state index >= 15 is 0 Å². The van der Waals surface area contributed by atoms with Gasteiger partial charge in [-0.2, -0.15) is 0 Å². The SMILES string of the molecule is C/C=C\C1=C(C)C2(CCCCC2)c2c1cccc2N(c1ccc2c(c1)C(c1ccccc1)(c1ccccc1)c1ccccc1-2)c1ccc2ccc3ccccc3c2c1. The molecule has 0 saturated heterocycles. The van der Waals surface area contributed by atoms with Gasteiger partial charge in [0.25, 0.3) is 0 Å². The minimum Gasteiger partial charge on any atom is -0.310 e. The van der Waals surface area contributed by atoms with Crippen LogP contribution in [0.3, 0.4) is 0 Å². The number of anilines is 3. The Labute approximate surface area is 342 Å². The highest BCUT2D eigenvalue weighted by Crippen LogP contribution is 2.60. The highest BCUT2D eigenvalue weighted by atomic mass is 15.1. The molecule has 0 amide bonds. The van der Waals surface area contributed by atoms with Gasteiger partial charge >= 0.3 is 0 Å². The van der Waals surface area contributed by atoms with Gasteiger partial charge in [0, 0.05) is 16.8 Å². The molecule has 1 spiro atoms. The summed E-state index contributed by atoms with van der Waals surface area (Å²) in [5.74, 6) is 0. The van der Waals surface area contributed by atoms with E-state index in [2.05, 4.69) is 207 Å². The summed E-state index contributed by atoms with van der Waals surface area (Å²) in [4.78, 5) is 2.62. The number of nitrogens with zero attached hydrogens (tertiary/aromatic N) is 1. The Morgan fingerprint density at radius 1 is 0.500 bits per heavy atom. The molecule has 0 bridgehead atoms. The predicted molar refractivity (Wildman–Crippen MR) is 246 cm³/mol. The Morgan fingerprint density at radius 2 is 1.10 bits per heavy atom. The Hall–Kier alpha value is -6.44. The first kappa shape index (κ1) is 34.8. The first-order valence-electron chi connectivity index (χ1n) is 21.2. The molecule has 1 fully saturated rings. The third-order valence-electron chi connectivity index (χ3n) is 13.9. The normalized spacial score (nSPS) is 16.2. The van der Waals surface area contributed by atoms with Crippen LogP contribution in [0.25, 0.3) is 38.2 Å². The second kappa shape index (κ2) is 13.6. The van der Waals surface area contributed by atoms with Crippen LogP contribution in [0.4, 0.5) is 17.1 Å². The fourth-order valence-corrected chi connectivity index (χ4v) is 11.4. The summed E-state index contributed by atoms with van der Waals surface area (Å²) >= 11 is 0. The van der Waals surface area contributed by atoms with E-state index in [1.165, 1.54) is 126 Å². The summed E-state index contributed by atoms with van der Waals surface area (Å²) in [6, 6.07) is 66.4. The lowest BCUT2D eigenvalue weighted by Crippen LogP contribution is -2.31. The van der Waals surface area contributed by atoms with Crippen molar-refractivity contribution in [1.29, 1.82) is 0 Å². The zero-order chi connectivity index (χ0) is 38.8. The number of fused-ring (bicyclic) bond motifs is 8. The molecule has 1 saturated carbocycles. The maximum Gasteiger partial charge on any atom is 0.0714 e. The Balaban J connectivity index is 1.23. The van der Waals surface area contributed by atoms with Gasteiger partial charge < -0.3 is 4.90 Å². The van der Waals surface area contributed by atoms with Crippen molar-refractivity contribution in [3.8, 4) is 11.1 Å². The molecule has 11 rings (SSSR count). The van der Waals surface area contributed by atoms with Crippen LogP contribution in [0.1, 0.15) is 79.3 Å². The monoisotopic (exact) mass is 745 g/mol. The molecule has 0 unspecified atom stereocenters. The molecule has 0 aromatic heterocycles. The van der Waals surface area contributed by atoms with Crippen molar-refractivity contribution in [2.24, 2.45) is 0 Å². The molecule has 3 aliphatic carbocycles. The standard InChI is InChI=1S/C57H47N/c1-3-18-46-39(2)56(35-15-6-16-36-56)55-50(46)26-17-28-54(55)58(44-32-31-41-30-29-40-19-11-12-24-47(40)51(41)37-44)45-33-34-49-48-25-13-14-27-52(48)57(53(49)38-45,42-20-7-4-8-21-42)43-22-9-5-10-23-43/h3-5,7-14,17-34,37-38H,6,15-16,35-36H2,1-2H3/b18-3-.